The highest BCUT2D eigenvalue weighted by molar-refractivity contribution is 6.04. The Balaban J connectivity index is 1.65. The Hall–Kier alpha value is -1.92. The molecule has 2 amide bonds. The van der Waals surface area contributed by atoms with Gasteiger partial charge in [0, 0.05) is 45.5 Å². The average Bonchev–Trinajstić information content (AvgIpc) is 2.53. The van der Waals surface area contributed by atoms with E-state index in [1.54, 1.807) is 11.9 Å². The molecule has 2 saturated heterocycles. The van der Waals surface area contributed by atoms with Crippen LogP contribution in [0.1, 0.15) is 5.56 Å². The van der Waals surface area contributed by atoms with Crippen molar-refractivity contribution in [3.8, 4) is 0 Å². The first-order valence-electron chi connectivity index (χ1n) is 7.70. The van der Waals surface area contributed by atoms with Gasteiger partial charge in [-0.25, -0.2) is 0 Å². The molecule has 0 spiro atoms. The zero-order chi connectivity index (χ0) is 15.5. The van der Waals surface area contributed by atoms with Crippen LogP contribution >= 0.6 is 0 Å². The van der Waals surface area contributed by atoms with Crippen molar-refractivity contribution in [3.05, 3.63) is 29.8 Å². The van der Waals surface area contributed by atoms with Crippen LogP contribution in [0.3, 0.4) is 0 Å². The molecule has 0 aromatic heterocycles. The first kappa shape index (κ1) is 15.0. The van der Waals surface area contributed by atoms with Crippen molar-refractivity contribution in [2.75, 3.05) is 51.2 Å². The molecule has 6 heteroatoms. The van der Waals surface area contributed by atoms with Gasteiger partial charge in [-0.1, -0.05) is 12.1 Å². The second-order valence-electron chi connectivity index (χ2n) is 5.92. The van der Waals surface area contributed by atoms with E-state index in [9.17, 15) is 9.59 Å². The standard InChI is InChI=1S/C16H22N4O2/c1-18-11-16(22)20(12-15(18)21)14-4-2-13(3-5-14)10-19-8-6-17-7-9-19/h2-5,17H,6-12H2,1H3. The highest BCUT2D eigenvalue weighted by Crippen LogP contribution is 2.19. The Kier molecular flexibility index (Phi) is 4.40. The summed E-state index contributed by atoms with van der Waals surface area (Å²) in [4.78, 5) is 29.3. The van der Waals surface area contributed by atoms with Gasteiger partial charge >= 0.3 is 0 Å². The van der Waals surface area contributed by atoms with Gasteiger partial charge in [-0.2, -0.15) is 0 Å². The van der Waals surface area contributed by atoms with Crippen LogP contribution in [0.15, 0.2) is 24.3 Å². The number of likely N-dealkylation sites (N-methyl/N-ethyl adjacent to an activating group) is 1. The number of hydrogen-bond donors (Lipinski definition) is 1. The molecule has 22 heavy (non-hydrogen) atoms. The molecule has 6 nitrogen and oxygen atoms in total. The summed E-state index contributed by atoms with van der Waals surface area (Å²) in [5, 5.41) is 3.34. The molecular weight excluding hydrogens is 280 g/mol. The number of carbonyl (C=O) groups is 2. The number of hydrogen-bond acceptors (Lipinski definition) is 4. The second kappa shape index (κ2) is 6.46. The third kappa shape index (κ3) is 3.28. The molecule has 0 atom stereocenters. The molecule has 3 rings (SSSR count). The third-order valence-electron chi connectivity index (χ3n) is 4.26. The van der Waals surface area contributed by atoms with E-state index in [1.165, 1.54) is 10.5 Å². The molecule has 2 fully saturated rings. The van der Waals surface area contributed by atoms with Crippen molar-refractivity contribution in [1.29, 1.82) is 0 Å². The molecule has 2 aliphatic heterocycles. The van der Waals surface area contributed by atoms with Crippen molar-refractivity contribution in [1.82, 2.24) is 15.1 Å². The highest BCUT2D eigenvalue weighted by Gasteiger charge is 2.28. The summed E-state index contributed by atoms with van der Waals surface area (Å²) < 4.78 is 0. The maximum absolute atomic E-state index is 12.1. The lowest BCUT2D eigenvalue weighted by Crippen LogP contribution is -2.52. The van der Waals surface area contributed by atoms with Gasteiger partial charge < -0.3 is 15.1 Å². The Morgan fingerprint density at radius 2 is 1.68 bits per heavy atom. The Labute approximate surface area is 130 Å². The molecule has 0 unspecified atom stereocenters. The molecule has 0 bridgehead atoms. The monoisotopic (exact) mass is 302 g/mol. The van der Waals surface area contributed by atoms with Crippen LogP contribution < -0.4 is 10.2 Å². The molecule has 0 saturated carbocycles. The van der Waals surface area contributed by atoms with Crippen LogP contribution in [0, 0.1) is 0 Å². The van der Waals surface area contributed by atoms with Gasteiger partial charge in [-0.15, -0.1) is 0 Å². The summed E-state index contributed by atoms with van der Waals surface area (Å²) in [6.07, 6.45) is 0. The van der Waals surface area contributed by atoms with Crippen molar-refractivity contribution in [3.63, 3.8) is 0 Å². The number of benzene rings is 1. The predicted molar refractivity (Wildman–Crippen MR) is 84.6 cm³/mol. The summed E-state index contributed by atoms with van der Waals surface area (Å²) in [7, 11) is 1.66. The molecule has 118 valence electrons. The zero-order valence-corrected chi connectivity index (χ0v) is 12.9. The van der Waals surface area contributed by atoms with Gasteiger partial charge in [0.05, 0.1) is 6.54 Å². The van der Waals surface area contributed by atoms with E-state index < -0.39 is 0 Å². The Bertz CT molecular complexity index is 552. The molecule has 0 aliphatic carbocycles. The van der Waals surface area contributed by atoms with E-state index in [1.807, 2.05) is 24.3 Å². The largest absolute Gasteiger partial charge is 0.335 e. The first-order valence-corrected chi connectivity index (χ1v) is 7.70. The fraction of sp³-hybridized carbons (Fsp3) is 0.500. The maximum Gasteiger partial charge on any atom is 0.247 e. The maximum atomic E-state index is 12.1. The number of carbonyl (C=O) groups excluding carboxylic acids is 2. The zero-order valence-electron chi connectivity index (χ0n) is 12.9. The van der Waals surface area contributed by atoms with Crippen LogP contribution in [0.5, 0.6) is 0 Å². The normalized spacial score (nSPS) is 20.6. The summed E-state index contributed by atoms with van der Waals surface area (Å²) in [6, 6.07) is 7.98. The smallest absolute Gasteiger partial charge is 0.247 e. The van der Waals surface area contributed by atoms with E-state index in [4.69, 9.17) is 0 Å². The van der Waals surface area contributed by atoms with Crippen molar-refractivity contribution >= 4 is 17.5 Å². The number of nitrogens with one attached hydrogen (secondary N) is 1. The second-order valence-corrected chi connectivity index (χ2v) is 5.92. The number of anilines is 1. The van der Waals surface area contributed by atoms with Crippen molar-refractivity contribution in [2.45, 2.75) is 6.54 Å². The van der Waals surface area contributed by atoms with Crippen molar-refractivity contribution in [2.24, 2.45) is 0 Å². The molecular formula is C16H22N4O2. The Morgan fingerprint density at radius 1 is 1.00 bits per heavy atom. The fourth-order valence-corrected chi connectivity index (χ4v) is 2.86. The average molecular weight is 302 g/mol. The lowest BCUT2D eigenvalue weighted by molar-refractivity contribution is -0.136. The van der Waals surface area contributed by atoms with Crippen molar-refractivity contribution < 1.29 is 9.59 Å². The minimum absolute atomic E-state index is 0.0236. The fourth-order valence-electron chi connectivity index (χ4n) is 2.86. The third-order valence-corrected chi connectivity index (χ3v) is 4.26. The SMILES string of the molecule is CN1CC(=O)N(c2ccc(CN3CCNCC3)cc2)CC1=O. The molecule has 0 radical (unpaired) electrons. The molecule has 1 aromatic carbocycles. The molecule has 2 heterocycles. The minimum Gasteiger partial charge on any atom is -0.335 e. The van der Waals surface area contributed by atoms with Crippen LogP contribution in [-0.4, -0.2) is 67.9 Å². The molecule has 1 aromatic rings. The summed E-state index contributed by atoms with van der Waals surface area (Å²) in [6.45, 7) is 5.41. The van der Waals surface area contributed by atoms with E-state index in [2.05, 4.69) is 10.2 Å². The van der Waals surface area contributed by atoms with Gasteiger partial charge in [-0.3, -0.25) is 14.5 Å². The van der Waals surface area contributed by atoms with E-state index in [0.29, 0.717) is 0 Å². The molecule has 1 N–H and O–H groups in total. The predicted octanol–water partition coefficient (Wildman–Crippen LogP) is -0.103. The summed E-state index contributed by atoms with van der Waals surface area (Å²) in [5.74, 6) is -0.0542. The number of rotatable bonds is 3. The van der Waals surface area contributed by atoms with Crippen LogP contribution in [0.2, 0.25) is 0 Å². The van der Waals surface area contributed by atoms with Gasteiger partial charge in [0.2, 0.25) is 11.8 Å². The van der Waals surface area contributed by atoms with Crippen LogP contribution in [0.25, 0.3) is 0 Å². The van der Waals surface area contributed by atoms with Gasteiger partial charge in [0.1, 0.15) is 6.54 Å². The Morgan fingerprint density at radius 3 is 2.36 bits per heavy atom. The van der Waals surface area contributed by atoms with Gasteiger partial charge in [0.25, 0.3) is 0 Å². The number of piperazine rings is 2. The van der Waals surface area contributed by atoms with Crippen LogP contribution in [0.4, 0.5) is 5.69 Å². The van der Waals surface area contributed by atoms with E-state index >= 15 is 0 Å². The van der Waals surface area contributed by atoms with Gasteiger partial charge in [-0.05, 0) is 17.7 Å². The lowest BCUT2D eigenvalue weighted by atomic mass is 10.1. The van der Waals surface area contributed by atoms with E-state index in [-0.39, 0.29) is 24.9 Å². The first-order chi connectivity index (χ1) is 10.6. The number of nitrogens with zero attached hydrogens (tertiary/aromatic N) is 3. The summed E-state index contributed by atoms with van der Waals surface area (Å²) >= 11 is 0. The summed E-state index contributed by atoms with van der Waals surface area (Å²) in [5.41, 5.74) is 2.04. The lowest BCUT2D eigenvalue weighted by Gasteiger charge is -2.32. The topological polar surface area (TPSA) is 55.9 Å². The van der Waals surface area contributed by atoms with Gasteiger partial charge in [0.15, 0.2) is 0 Å². The molecule has 2 aliphatic rings. The highest BCUT2D eigenvalue weighted by atomic mass is 16.2. The van der Waals surface area contributed by atoms with E-state index in [0.717, 1.165) is 38.4 Å². The van der Waals surface area contributed by atoms with Crippen LogP contribution in [-0.2, 0) is 16.1 Å². The minimum atomic E-state index is -0.0306. The quantitative estimate of drug-likeness (QED) is 0.847. The number of amides is 2.